The van der Waals surface area contributed by atoms with Crippen LogP contribution in [0.4, 0.5) is 5.69 Å². The number of benzene rings is 1. The summed E-state index contributed by atoms with van der Waals surface area (Å²) in [6.07, 6.45) is 12.2. The van der Waals surface area contributed by atoms with Gasteiger partial charge >= 0.3 is 0 Å². The molecule has 0 fully saturated rings. The molecule has 1 rings (SSSR count). The van der Waals surface area contributed by atoms with E-state index in [0.717, 1.165) is 17.3 Å². The van der Waals surface area contributed by atoms with Crippen molar-refractivity contribution in [3.8, 4) is 0 Å². The van der Waals surface area contributed by atoms with E-state index in [0.29, 0.717) is 0 Å². The van der Waals surface area contributed by atoms with Gasteiger partial charge in [-0.3, -0.25) is 0 Å². The van der Waals surface area contributed by atoms with E-state index < -0.39 is 0 Å². The first-order chi connectivity index (χ1) is 11.1. The number of rotatable bonds is 11. The quantitative estimate of drug-likeness (QED) is 0.376. The molecule has 3 heteroatoms. The molecule has 0 aliphatic heterocycles. The number of hydrogen-bond acceptors (Lipinski definition) is 1. The third-order valence-corrected chi connectivity index (χ3v) is 4.29. The van der Waals surface area contributed by atoms with Gasteiger partial charge in [0.1, 0.15) is 0 Å². The lowest BCUT2D eigenvalue weighted by Crippen LogP contribution is -2.29. The summed E-state index contributed by atoms with van der Waals surface area (Å²) in [6.45, 7) is 7.45. The van der Waals surface area contributed by atoms with Crippen LogP contribution in [0.5, 0.6) is 0 Å². The van der Waals surface area contributed by atoms with Gasteiger partial charge in [0.05, 0.1) is 0 Å². The molecule has 0 radical (unpaired) electrons. The molecule has 0 bridgehead atoms. The zero-order chi connectivity index (χ0) is 16.9. The molecule has 0 unspecified atom stereocenters. The van der Waals surface area contributed by atoms with Crippen LogP contribution in [0.1, 0.15) is 75.8 Å². The Bertz CT molecular complexity index is 437. The molecule has 0 saturated carbocycles. The molecule has 0 aliphatic rings. The number of unbranched alkanes of at least 4 members (excludes halogenated alkanes) is 8. The van der Waals surface area contributed by atoms with Crippen molar-refractivity contribution >= 4 is 23.0 Å². The number of nitrogens with one attached hydrogen (secondary N) is 2. The molecule has 2 N–H and O–H groups in total. The molecule has 0 heterocycles. The third kappa shape index (κ3) is 10.3. The fourth-order valence-corrected chi connectivity index (χ4v) is 3.08. The average molecular weight is 335 g/mol. The molecule has 1 aromatic rings. The Kier molecular flexibility index (Phi) is 10.7. The van der Waals surface area contributed by atoms with Crippen LogP contribution in [0, 0.1) is 13.8 Å². The lowest BCUT2D eigenvalue weighted by molar-refractivity contribution is 0.563. The van der Waals surface area contributed by atoms with Crippen molar-refractivity contribution in [3.63, 3.8) is 0 Å². The first kappa shape index (κ1) is 20.0. The molecule has 0 spiro atoms. The summed E-state index contributed by atoms with van der Waals surface area (Å²) in [6, 6.07) is 6.42. The minimum absolute atomic E-state index is 0.731. The Labute approximate surface area is 148 Å². The Morgan fingerprint density at radius 1 is 0.826 bits per heavy atom. The van der Waals surface area contributed by atoms with E-state index in [4.69, 9.17) is 12.2 Å². The molecule has 0 atom stereocenters. The second kappa shape index (κ2) is 12.3. The van der Waals surface area contributed by atoms with Gasteiger partial charge in [0.2, 0.25) is 0 Å². The highest BCUT2D eigenvalue weighted by Gasteiger charge is 1.99. The summed E-state index contributed by atoms with van der Waals surface area (Å²) in [7, 11) is 0. The van der Waals surface area contributed by atoms with Crippen molar-refractivity contribution in [1.82, 2.24) is 5.32 Å². The van der Waals surface area contributed by atoms with E-state index in [1.54, 1.807) is 0 Å². The van der Waals surface area contributed by atoms with Crippen LogP contribution in [0.3, 0.4) is 0 Å². The minimum Gasteiger partial charge on any atom is -0.362 e. The maximum Gasteiger partial charge on any atom is 0.170 e. The van der Waals surface area contributed by atoms with Gasteiger partial charge in [-0.25, -0.2) is 0 Å². The maximum atomic E-state index is 5.36. The molecule has 0 amide bonds. The lowest BCUT2D eigenvalue weighted by atomic mass is 10.1. The predicted octanol–water partition coefficient (Wildman–Crippen LogP) is 6.12. The van der Waals surface area contributed by atoms with Crippen LogP contribution in [-0.2, 0) is 0 Å². The fraction of sp³-hybridized carbons (Fsp3) is 0.650. The van der Waals surface area contributed by atoms with E-state index >= 15 is 0 Å². The van der Waals surface area contributed by atoms with E-state index in [1.165, 1.54) is 68.9 Å². The number of thiocarbonyl (C=S) groups is 1. The van der Waals surface area contributed by atoms with E-state index in [2.05, 4.69) is 49.6 Å². The van der Waals surface area contributed by atoms with Gasteiger partial charge < -0.3 is 10.6 Å². The van der Waals surface area contributed by atoms with Crippen LogP contribution in [0.25, 0.3) is 0 Å². The Morgan fingerprint density at radius 2 is 1.35 bits per heavy atom. The van der Waals surface area contributed by atoms with Crippen LogP contribution in [0.2, 0.25) is 0 Å². The largest absolute Gasteiger partial charge is 0.362 e. The van der Waals surface area contributed by atoms with Gasteiger partial charge in [0, 0.05) is 12.2 Å². The van der Waals surface area contributed by atoms with E-state index in [-0.39, 0.29) is 0 Å². The summed E-state index contributed by atoms with van der Waals surface area (Å²) in [5, 5.41) is 7.31. The van der Waals surface area contributed by atoms with Gasteiger partial charge in [-0.1, -0.05) is 64.4 Å². The molecule has 130 valence electrons. The molecule has 23 heavy (non-hydrogen) atoms. The zero-order valence-electron chi connectivity index (χ0n) is 15.2. The highest BCUT2D eigenvalue weighted by Crippen LogP contribution is 2.13. The van der Waals surface area contributed by atoms with Crippen molar-refractivity contribution in [3.05, 3.63) is 29.3 Å². The Hall–Kier alpha value is -1.09. The maximum absolute atomic E-state index is 5.36. The van der Waals surface area contributed by atoms with Gasteiger partial charge in [0.15, 0.2) is 5.11 Å². The minimum atomic E-state index is 0.731. The van der Waals surface area contributed by atoms with Gasteiger partial charge in [-0.15, -0.1) is 0 Å². The van der Waals surface area contributed by atoms with Gasteiger partial charge in [0.25, 0.3) is 0 Å². The molecule has 0 aliphatic carbocycles. The van der Waals surface area contributed by atoms with Crippen molar-refractivity contribution in [2.45, 2.75) is 78.6 Å². The molecule has 1 aromatic carbocycles. The summed E-state index contributed by atoms with van der Waals surface area (Å²) < 4.78 is 0. The fourth-order valence-electron chi connectivity index (χ4n) is 2.86. The number of anilines is 1. The summed E-state index contributed by atoms with van der Waals surface area (Å²) in [5.41, 5.74) is 3.59. The topological polar surface area (TPSA) is 24.1 Å². The second-order valence-corrected chi connectivity index (χ2v) is 6.99. The average Bonchev–Trinajstić information content (AvgIpc) is 2.48. The third-order valence-electron chi connectivity index (χ3n) is 4.05. The van der Waals surface area contributed by atoms with Crippen LogP contribution < -0.4 is 10.6 Å². The lowest BCUT2D eigenvalue weighted by Gasteiger charge is -2.11. The normalized spacial score (nSPS) is 10.6. The summed E-state index contributed by atoms with van der Waals surface area (Å²) in [4.78, 5) is 0. The SMILES string of the molecule is CCCCCCCCCCCNC(=S)Nc1cc(C)cc(C)c1. The standard InChI is InChI=1S/C20H34N2S/c1-4-5-6-7-8-9-10-11-12-13-21-20(23)22-19-15-17(2)14-18(3)16-19/h14-16H,4-13H2,1-3H3,(H2,21,22,23). The first-order valence-electron chi connectivity index (χ1n) is 9.25. The number of hydrogen-bond donors (Lipinski definition) is 2. The van der Waals surface area contributed by atoms with Crippen molar-refractivity contribution < 1.29 is 0 Å². The highest BCUT2D eigenvalue weighted by atomic mass is 32.1. The van der Waals surface area contributed by atoms with Crippen LogP contribution in [0.15, 0.2) is 18.2 Å². The van der Waals surface area contributed by atoms with Crippen LogP contribution in [-0.4, -0.2) is 11.7 Å². The van der Waals surface area contributed by atoms with Crippen molar-refractivity contribution in [2.75, 3.05) is 11.9 Å². The van der Waals surface area contributed by atoms with E-state index in [9.17, 15) is 0 Å². The van der Waals surface area contributed by atoms with Gasteiger partial charge in [-0.2, -0.15) is 0 Å². The molecule has 0 aromatic heterocycles. The van der Waals surface area contributed by atoms with Crippen LogP contribution >= 0.6 is 12.2 Å². The molecular formula is C20H34N2S. The Balaban J connectivity index is 2.02. The highest BCUT2D eigenvalue weighted by molar-refractivity contribution is 7.80. The first-order valence-corrected chi connectivity index (χ1v) is 9.66. The van der Waals surface area contributed by atoms with Gasteiger partial charge in [-0.05, 0) is 55.7 Å². The predicted molar refractivity (Wildman–Crippen MR) is 107 cm³/mol. The summed E-state index contributed by atoms with van der Waals surface area (Å²) in [5.74, 6) is 0. The number of aryl methyl sites for hydroxylation is 2. The molecular weight excluding hydrogens is 300 g/mol. The van der Waals surface area contributed by atoms with Crippen molar-refractivity contribution in [1.29, 1.82) is 0 Å². The molecule has 0 saturated heterocycles. The van der Waals surface area contributed by atoms with Crippen molar-refractivity contribution in [2.24, 2.45) is 0 Å². The summed E-state index contributed by atoms with van der Waals surface area (Å²) >= 11 is 5.36. The monoisotopic (exact) mass is 334 g/mol. The van der Waals surface area contributed by atoms with E-state index in [1.807, 2.05) is 0 Å². The zero-order valence-corrected chi connectivity index (χ0v) is 16.0. The smallest absolute Gasteiger partial charge is 0.170 e. The second-order valence-electron chi connectivity index (χ2n) is 6.59. The Morgan fingerprint density at radius 3 is 1.91 bits per heavy atom. The molecule has 2 nitrogen and oxygen atoms in total.